The van der Waals surface area contributed by atoms with Gasteiger partial charge in [-0.1, -0.05) is 19.8 Å². The van der Waals surface area contributed by atoms with E-state index in [2.05, 4.69) is 17.1 Å². The van der Waals surface area contributed by atoms with E-state index in [1.807, 2.05) is 0 Å². The molecule has 2 heterocycles. The molecular formula is C15H28N2. The van der Waals surface area contributed by atoms with Crippen LogP contribution < -0.4 is 5.32 Å². The molecule has 1 spiro atoms. The molecule has 0 aromatic carbocycles. The van der Waals surface area contributed by atoms with Crippen molar-refractivity contribution in [1.29, 1.82) is 0 Å². The van der Waals surface area contributed by atoms with Gasteiger partial charge in [-0.15, -0.1) is 0 Å². The van der Waals surface area contributed by atoms with E-state index in [9.17, 15) is 0 Å². The van der Waals surface area contributed by atoms with Crippen molar-refractivity contribution in [2.75, 3.05) is 32.7 Å². The minimum Gasteiger partial charge on any atom is -0.316 e. The van der Waals surface area contributed by atoms with Gasteiger partial charge in [-0.3, -0.25) is 0 Å². The maximum atomic E-state index is 3.56. The van der Waals surface area contributed by atoms with Crippen molar-refractivity contribution in [3.63, 3.8) is 0 Å². The molecule has 0 radical (unpaired) electrons. The highest BCUT2D eigenvalue weighted by molar-refractivity contribution is 4.96. The molecule has 2 nitrogen and oxygen atoms in total. The number of likely N-dealkylation sites (tertiary alicyclic amines) is 1. The molecule has 98 valence electrons. The van der Waals surface area contributed by atoms with Crippen LogP contribution in [-0.4, -0.2) is 37.6 Å². The first-order valence-corrected chi connectivity index (χ1v) is 7.69. The van der Waals surface area contributed by atoms with E-state index < -0.39 is 0 Å². The van der Waals surface area contributed by atoms with Crippen molar-refractivity contribution in [2.45, 2.75) is 45.4 Å². The fraction of sp³-hybridized carbons (Fsp3) is 1.00. The fourth-order valence-electron chi connectivity index (χ4n) is 4.20. The molecular weight excluding hydrogens is 208 g/mol. The molecule has 0 aromatic heterocycles. The van der Waals surface area contributed by atoms with Crippen molar-refractivity contribution in [1.82, 2.24) is 10.2 Å². The molecule has 2 aliphatic heterocycles. The van der Waals surface area contributed by atoms with E-state index in [0.717, 1.165) is 11.8 Å². The number of nitrogens with one attached hydrogen (secondary N) is 1. The van der Waals surface area contributed by atoms with Gasteiger partial charge in [0.2, 0.25) is 0 Å². The Hall–Kier alpha value is -0.0800. The largest absolute Gasteiger partial charge is 0.316 e. The van der Waals surface area contributed by atoms with Crippen molar-refractivity contribution in [3.8, 4) is 0 Å². The van der Waals surface area contributed by atoms with Gasteiger partial charge in [0, 0.05) is 19.6 Å². The highest BCUT2D eigenvalue weighted by Crippen LogP contribution is 2.37. The second kappa shape index (κ2) is 4.89. The average molecular weight is 236 g/mol. The van der Waals surface area contributed by atoms with Gasteiger partial charge in [-0.25, -0.2) is 0 Å². The summed E-state index contributed by atoms with van der Waals surface area (Å²) in [6.07, 6.45) is 8.80. The third-order valence-electron chi connectivity index (χ3n) is 5.50. The van der Waals surface area contributed by atoms with E-state index in [0.29, 0.717) is 5.41 Å². The Balaban J connectivity index is 1.47. The smallest absolute Gasteiger partial charge is 0.00512 e. The van der Waals surface area contributed by atoms with E-state index >= 15 is 0 Å². The van der Waals surface area contributed by atoms with Gasteiger partial charge in [0.1, 0.15) is 0 Å². The van der Waals surface area contributed by atoms with Crippen LogP contribution in [0.4, 0.5) is 0 Å². The van der Waals surface area contributed by atoms with Crippen molar-refractivity contribution in [2.24, 2.45) is 17.3 Å². The van der Waals surface area contributed by atoms with Crippen LogP contribution in [0.25, 0.3) is 0 Å². The zero-order valence-corrected chi connectivity index (χ0v) is 11.4. The first-order chi connectivity index (χ1) is 8.26. The minimum atomic E-state index is 0.669. The highest BCUT2D eigenvalue weighted by Gasteiger charge is 2.40. The predicted octanol–water partition coefficient (Wildman–Crippen LogP) is 2.50. The molecule has 2 saturated heterocycles. The molecule has 1 aliphatic carbocycles. The molecule has 0 amide bonds. The molecule has 1 saturated carbocycles. The Morgan fingerprint density at radius 2 is 2.00 bits per heavy atom. The van der Waals surface area contributed by atoms with Crippen LogP contribution in [0.2, 0.25) is 0 Å². The lowest BCUT2D eigenvalue weighted by Gasteiger charge is -2.30. The summed E-state index contributed by atoms with van der Waals surface area (Å²) in [5.41, 5.74) is 0.669. The molecule has 1 N–H and O–H groups in total. The Morgan fingerprint density at radius 3 is 2.71 bits per heavy atom. The Bertz CT molecular complexity index is 250. The van der Waals surface area contributed by atoms with Crippen LogP contribution >= 0.6 is 0 Å². The van der Waals surface area contributed by atoms with Crippen molar-refractivity contribution < 1.29 is 0 Å². The summed E-state index contributed by atoms with van der Waals surface area (Å²) in [5, 5.41) is 3.56. The van der Waals surface area contributed by atoms with Crippen LogP contribution in [0.3, 0.4) is 0 Å². The normalized spacial score (nSPS) is 43.6. The lowest BCUT2D eigenvalue weighted by atomic mass is 9.82. The molecule has 0 bridgehead atoms. The summed E-state index contributed by atoms with van der Waals surface area (Å²) in [4.78, 5) is 2.77. The van der Waals surface area contributed by atoms with E-state index in [-0.39, 0.29) is 0 Å². The van der Waals surface area contributed by atoms with Gasteiger partial charge in [0.25, 0.3) is 0 Å². The van der Waals surface area contributed by atoms with Gasteiger partial charge in [-0.2, -0.15) is 0 Å². The molecule has 0 aromatic rings. The summed E-state index contributed by atoms with van der Waals surface area (Å²) in [6.45, 7) is 9.11. The van der Waals surface area contributed by atoms with Gasteiger partial charge < -0.3 is 10.2 Å². The first-order valence-electron chi connectivity index (χ1n) is 7.69. The summed E-state index contributed by atoms with van der Waals surface area (Å²) >= 11 is 0. The highest BCUT2D eigenvalue weighted by atomic mass is 15.2. The predicted molar refractivity (Wildman–Crippen MR) is 72.1 cm³/mol. The maximum Gasteiger partial charge on any atom is 0.00512 e. The summed E-state index contributed by atoms with van der Waals surface area (Å²) in [6, 6.07) is 0. The monoisotopic (exact) mass is 236 g/mol. The molecule has 2 heteroatoms. The van der Waals surface area contributed by atoms with Crippen LogP contribution in [0.1, 0.15) is 45.4 Å². The number of hydrogen-bond donors (Lipinski definition) is 1. The van der Waals surface area contributed by atoms with E-state index in [4.69, 9.17) is 0 Å². The van der Waals surface area contributed by atoms with E-state index in [1.165, 1.54) is 71.2 Å². The van der Waals surface area contributed by atoms with Gasteiger partial charge in [0.15, 0.2) is 0 Å². The zero-order chi connectivity index (χ0) is 11.7. The number of rotatable bonds is 2. The third kappa shape index (κ3) is 2.68. The summed E-state index contributed by atoms with van der Waals surface area (Å²) in [5.74, 6) is 2.01. The molecule has 1 atom stereocenters. The number of hydrogen-bond acceptors (Lipinski definition) is 2. The SMILES string of the molecule is CC1CCC(CN2CCC3(CCNC3)C2)CC1. The Kier molecular flexibility index (Phi) is 3.45. The lowest BCUT2D eigenvalue weighted by Crippen LogP contribution is -2.33. The number of nitrogens with zero attached hydrogens (tertiary/aromatic N) is 1. The molecule has 3 rings (SSSR count). The van der Waals surface area contributed by atoms with E-state index in [1.54, 1.807) is 0 Å². The van der Waals surface area contributed by atoms with Gasteiger partial charge in [-0.05, 0) is 56.0 Å². The van der Waals surface area contributed by atoms with Crippen LogP contribution in [-0.2, 0) is 0 Å². The summed E-state index contributed by atoms with van der Waals surface area (Å²) in [7, 11) is 0. The maximum absolute atomic E-state index is 3.56. The molecule has 17 heavy (non-hydrogen) atoms. The third-order valence-corrected chi connectivity index (χ3v) is 5.50. The van der Waals surface area contributed by atoms with Gasteiger partial charge in [0.05, 0.1) is 0 Å². The average Bonchev–Trinajstić information content (AvgIpc) is 2.94. The topological polar surface area (TPSA) is 15.3 Å². The quantitative estimate of drug-likeness (QED) is 0.792. The summed E-state index contributed by atoms with van der Waals surface area (Å²) < 4.78 is 0. The zero-order valence-electron chi connectivity index (χ0n) is 11.4. The molecule has 3 aliphatic rings. The van der Waals surface area contributed by atoms with Crippen molar-refractivity contribution >= 4 is 0 Å². The first kappa shape index (κ1) is 12.0. The van der Waals surface area contributed by atoms with Crippen LogP contribution in [0.5, 0.6) is 0 Å². The second-order valence-corrected chi connectivity index (χ2v) is 7.04. The van der Waals surface area contributed by atoms with Crippen LogP contribution in [0, 0.1) is 17.3 Å². The minimum absolute atomic E-state index is 0.669. The van der Waals surface area contributed by atoms with Crippen LogP contribution in [0.15, 0.2) is 0 Å². The van der Waals surface area contributed by atoms with Crippen molar-refractivity contribution in [3.05, 3.63) is 0 Å². The lowest BCUT2D eigenvalue weighted by molar-refractivity contribution is 0.193. The molecule has 3 fully saturated rings. The standard InChI is InChI=1S/C15H28N2/c1-13-2-4-14(5-3-13)10-17-9-7-15(12-17)6-8-16-11-15/h13-14,16H,2-12H2,1H3. The second-order valence-electron chi connectivity index (χ2n) is 7.04. The molecule has 1 unspecified atom stereocenters. The van der Waals surface area contributed by atoms with Gasteiger partial charge >= 0.3 is 0 Å². The Labute approximate surface area is 106 Å². The Morgan fingerprint density at radius 1 is 1.18 bits per heavy atom. The fourth-order valence-corrected chi connectivity index (χ4v) is 4.20.